The zero-order chi connectivity index (χ0) is 18.0. The van der Waals surface area contributed by atoms with E-state index in [0.717, 1.165) is 11.3 Å². The van der Waals surface area contributed by atoms with Gasteiger partial charge in [0.15, 0.2) is 0 Å². The quantitative estimate of drug-likeness (QED) is 0.890. The first-order chi connectivity index (χ1) is 11.9. The van der Waals surface area contributed by atoms with Gasteiger partial charge in [0, 0.05) is 19.0 Å². The molecule has 1 N–H and O–H groups in total. The molecule has 0 bridgehead atoms. The minimum Gasteiger partial charge on any atom is -0.497 e. The lowest BCUT2D eigenvalue weighted by molar-refractivity contribution is -0.130. The second-order valence-electron chi connectivity index (χ2n) is 6.80. The first-order valence-corrected chi connectivity index (χ1v) is 8.47. The van der Waals surface area contributed by atoms with Crippen molar-refractivity contribution in [2.75, 3.05) is 20.2 Å². The smallest absolute Gasteiger partial charge is 0.227 e. The lowest BCUT2D eigenvalue weighted by atomic mass is 10.00. The van der Waals surface area contributed by atoms with Crippen LogP contribution in [0.3, 0.4) is 0 Å². The van der Waals surface area contributed by atoms with E-state index < -0.39 is 5.60 Å². The lowest BCUT2D eigenvalue weighted by Crippen LogP contribution is -2.35. The highest BCUT2D eigenvalue weighted by molar-refractivity contribution is 5.79. The Bertz CT molecular complexity index is 758. The largest absolute Gasteiger partial charge is 0.497 e. The first kappa shape index (κ1) is 17.4. The molecule has 7 heteroatoms. The fourth-order valence-electron chi connectivity index (χ4n) is 3.03. The van der Waals surface area contributed by atoms with Gasteiger partial charge in [0.1, 0.15) is 17.0 Å². The molecule has 1 fully saturated rings. The van der Waals surface area contributed by atoms with Crippen molar-refractivity contribution in [2.45, 2.75) is 38.3 Å². The number of aromatic nitrogens is 3. The van der Waals surface area contributed by atoms with Gasteiger partial charge in [0.25, 0.3) is 0 Å². The summed E-state index contributed by atoms with van der Waals surface area (Å²) in [6, 6.07) is 7.65. The lowest BCUT2D eigenvalue weighted by Gasteiger charge is -2.21. The molecule has 2 aromatic rings. The molecule has 134 valence electrons. The summed E-state index contributed by atoms with van der Waals surface area (Å²) >= 11 is 0. The molecule has 1 aromatic carbocycles. The van der Waals surface area contributed by atoms with Gasteiger partial charge in [-0.3, -0.25) is 4.79 Å². The van der Waals surface area contributed by atoms with E-state index >= 15 is 0 Å². The van der Waals surface area contributed by atoms with Crippen LogP contribution < -0.4 is 4.74 Å². The van der Waals surface area contributed by atoms with Gasteiger partial charge in [-0.15, -0.1) is 5.10 Å². The van der Waals surface area contributed by atoms with Crippen molar-refractivity contribution in [3.05, 3.63) is 41.7 Å². The zero-order valence-electron chi connectivity index (χ0n) is 14.8. The number of amides is 1. The maximum absolute atomic E-state index is 12.6. The van der Waals surface area contributed by atoms with Crippen molar-refractivity contribution < 1.29 is 14.6 Å². The summed E-state index contributed by atoms with van der Waals surface area (Å²) in [7, 11) is 1.60. The van der Waals surface area contributed by atoms with Crippen molar-refractivity contribution in [3.63, 3.8) is 0 Å². The molecule has 1 amide bonds. The molecule has 0 unspecified atom stereocenters. The zero-order valence-corrected chi connectivity index (χ0v) is 14.8. The van der Waals surface area contributed by atoms with Crippen LogP contribution >= 0.6 is 0 Å². The summed E-state index contributed by atoms with van der Waals surface area (Å²) in [6.07, 6.45) is 2.51. The van der Waals surface area contributed by atoms with E-state index in [1.54, 1.807) is 22.9 Å². The minimum absolute atomic E-state index is 0.0135. The van der Waals surface area contributed by atoms with E-state index in [1.165, 1.54) is 0 Å². The number of carbonyl (C=O) groups is 1. The minimum atomic E-state index is -1.13. The third-order valence-electron chi connectivity index (χ3n) is 4.61. The van der Waals surface area contributed by atoms with Gasteiger partial charge in [0.2, 0.25) is 5.91 Å². The average Bonchev–Trinajstić information content (AvgIpc) is 3.23. The molecule has 1 aromatic heterocycles. The van der Waals surface area contributed by atoms with Gasteiger partial charge in [-0.25, -0.2) is 4.68 Å². The number of hydrogen-bond donors (Lipinski definition) is 1. The van der Waals surface area contributed by atoms with Crippen molar-refractivity contribution in [3.8, 4) is 5.75 Å². The molecular weight excluding hydrogens is 320 g/mol. The van der Waals surface area contributed by atoms with Crippen molar-refractivity contribution in [1.29, 1.82) is 0 Å². The fraction of sp³-hybridized carbons (Fsp3) is 0.500. The maximum atomic E-state index is 12.6. The molecule has 0 aliphatic carbocycles. The summed E-state index contributed by atoms with van der Waals surface area (Å²) in [4.78, 5) is 14.3. The number of nitrogens with zero attached hydrogens (tertiary/aromatic N) is 4. The number of ether oxygens (including phenoxy) is 1. The number of likely N-dealkylation sites (tertiary alicyclic amines) is 1. The van der Waals surface area contributed by atoms with E-state index in [2.05, 4.69) is 10.3 Å². The third-order valence-corrected chi connectivity index (χ3v) is 4.61. The molecule has 1 atom stereocenters. The Balaban J connectivity index is 1.67. The molecular formula is C18H24N4O3. The van der Waals surface area contributed by atoms with Crippen LogP contribution in [-0.4, -0.2) is 51.1 Å². The number of benzene rings is 1. The van der Waals surface area contributed by atoms with Crippen LogP contribution in [0, 0.1) is 0 Å². The van der Waals surface area contributed by atoms with Crippen LogP contribution in [0.25, 0.3) is 0 Å². The Labute approximate surface area is 147 Å². The number of carbonyl (C=O) groups excluding carboxylic acids is 1. The Morgan fingerprint density at radius 1 is 1.44 bits per heavy atom. The van der Waals surface area contributed by atoms with Crippen LogP contribution in [-0.2, 0) is 16.8 Å². The highest BCUT2D eigenvalue weighted by atomic mass is 16.5. The van der Waals surface area contributed by atoms with E-state index in [9.17, 15) is 9.90 Å². The number of hydrogen-bond acceptors (Lipinski definition) is 5. The molecule has 2 heterocycles. The number of β-amino-alcohol motifs (C(OH)–C–C–N with tert-alkyl or cyclic N) is 1. The summed E-state index contributed by atoms with van der Waals surface area (Å²) in [5.74, 6) is 0.717. The summed E-state index contributed by atoms with van der Waals surface area (Å²) in [5, 5.41) is 19.0. The Kier molecular flexibility index (Phi) is 4.76. The highest BCUT2D eigenvalue weighted by Crippen LogP contribution is 2.31. The maximum Gasteiger partial charge on any atom is 0.227 e. The first-order valence-electron chi connectivity index (χ1n) is 8.47. The molecule has 1 saturated heterocycles. The summed E-state index contributed by atoms with van der Waals surface area (Å²) < 4.78 is 6.91. The predicted octanol–water partition coefficient (Wildman–Crippen LogP) is 1.53. The van der Waals surface area contributed by atoms with Gasteiger partial charge in [0.05, 0.1) is 26.3 Å². The number of aliphatic hydroxyl groups is 1. The topological polar surface area (TPSA) is 80.5 Å². The molecule has 3 rings (SSSR count). The standard InChI is InChI=1S/C18H24N4O3/c1-13(2)22-11-16(19-20-22)18(24)7-8-21(12-18)17(23)10-14-5-4-6-15(9-14)25-3/h4-6,9,11,13,24H,7-8,10,12H2,1-3H3/t18-/m1/s1. The number of rotatable bonds is 5. The van der Waals surface area contributed by atoms with E-state index in [4.69, 9.17) is 4.74 Å². The molecule has 7 nitrogen and oxygen atoms in total. The van der Waals surface area contributed by atoms with Crippen LogP contribution in [0.5, 0.6) is 5.75 Å². The summed E-state index contributed by atoms with van der Waals surface area (Å²) in [6.45, 7) is 4.75. The molecule has 1 aliphatic rings. The van der Waals surface area contributed by atoms with Crippen LogP contribution in [0.4, 0.5) is 0 Å². The monoisotopic (exact) mass is 344 g/mol. The molecule has 0 spiro atoms. The predicted molar refractivity (Wildman–Crippen MR) is 92.2 cm³/mol. The summed E-state index contributed by atoms with van der Waals surface area (Å²) in [5.41, 5.74) is 0.292. The van der Waals surface area contributed by atoms with Crippen LogP contribution in [0.1, 0.15) is 37.6 Å². The second-order valence-corrected chi connectivity index (χ2v) is 6.80. The molecule has 0 radical (unpaired) electrons. The van der Waals surface area contributed by atoms with Crippen LogP contribution in [0.2, 0.25) is 0 Å². The van der Waals surface area contributed by atoms with Gasteiger partial charge in [-0.1, -0.05) is 17.3 Å². The van der Waals surface area contributed by atoms with E-state index in [-0.39, 0.29) is 24.9 Å². The SMILES string of the molecule is COc1cccc(CC(=O)N2CC[C@](O)(c3cn(C(C)C)nn3)C2)c1. The molecule has 25 heavy (non-hydrogen) atoms. The van der Waals surface area contributed by atoms with E-state index in [1.807, 2.05) is 38.1 Å². The Morgan fingerprint density at radius 3 is 2.92 bits per heavy atom. The second kappa shape index (κ2) is 6.84. The van der Waals surface area contributed by atoms with Gasteiger partial charge < -0.3 is 14.7 Å². The normalized spacial score (nSPS) is 20.3. The van der Waals surface area contributed by atoms with Gasteiger partial charge >= 0.3 is 0 Å². The molecule has 0 saturated carbocycles. The van der Waals surface area contributed by atoms with Crippen molar-refractivity contribution >= 4 is 5.91 Å². The number of methoxy groups -OCH3 is 1. The van der Waals surface area contributed by atoms with Gasteiger partial charge in [-0.05, 0) is 31.5 Å². The van der Waals surface area contributed by atoms with Gasteiger partial charge in [-0.2, -0.15) is 0 Å². The molecule has 1 aliphatic heterocycles. The van der Waals surface area contributed by atoms with Crippen molar-refractivity contribution in [1.82, 2.24) is 19.9 Å². The van der Waals surface area contributed by atoms with Crippen molar-refractivity contribution in [2.24, 2.45) is 0 Å². The van der Waals surface area contributed by atoms with E-state index in [0.29, 0.717) is 18.7 Å². The Morgan fingerprint density at radius 2 is 2.24 bits per heavy atom. The third kappa shape index (κ3) is 3.66. The fourth-order valence-corrected chi connectivity index (χ4v) is 3.03. The average molecular weight is 344 g/mol. The van der Waals surface area contributed by atoms with Crippen LogP contribution in [0.15, 0.2) is 30.5 Å². The highest BCUT2D eigenvalue weighted by Gasteiger charge is 2.41. The Hall–Kier alpha value is -2.41.